The van der Waals surface area contributed by atoms with E-state index in [1.807, 2.05) is 0 Å². The van der Waals surface area contributed by atoms with Gasteiger partial charge >= 0.3 is 0 Å². The Morgan fingerprint density at radius 1 is 1.15 bits per heavy atom. The summed E-state index contributed by atoms with van der Waals surface area (Å²) in [5.74, 6) is 1.23. The van der Waals surface area contributed by atoms with Crippen molar-refractivity contribution in [3.8, 4) is 6.07 Å². The van der Waals surface area contributed by atoms with Crippen molar-refractivity contribution in [1.29, 1.82) is 5.26 Å². The Morgan fingerprint density at radius 3 is 2.85 bits per heavy atom. The maximum absolute atomic E-state index is 12.5. The summed E-state index contributed by atoms with van der Waals surface area (Å²) >= 11 is 3.01. The normalized spacial score (nSPS) is 16.6. The number of anilines is 1. The van der Waals surface area contributed by atoms with Crippen LogP contribution in [0.1, 0.15) is 60.4 Å². The molecule has 0 saturated heterocycles. The topological polar surface area (TPSA) is 83.6 Å². The number of fused-ring (bicyclic) bond motifs is 2. The molecular weight excluding hydrogens is 378 g/mol. The highest BCUT2D eigenvalue weighted by atomic mass is 32.2. The predicted molar refractivity (Wildman–Crippen MR) is 107 cm³/mol. The van der Waals surface area contributed by atoms with Gasteiger partial charge in [0.2, 0.25) is 5.91 Å². The molecule has 1 N–H and O–H groups in total. The average molecular weight is 402 g/mol. The molecule has 6 nitrogen and oxygen atoms in total. The zero-order chi connectivity index (χ0) is 18.6. The molecule has 1 aliphatic heterocycles. The van der Waals surface area contributed by atoms with Gasteiger partial charge in [-0.1, -0.05) is 24.6 Å². The summed E-state index contributed by atoms with van der Waals surface area (Å²) in [5.41, 5.74) is 1.83. The summed E-state index contributed by atoms with van der Waals surface area (Å²) in [6, 6.07) is 2.32. The average Bonchev–Trinajstić information content (AvgIpc) is 2.98. The monoisotopic (exact) mass is 401 g/mol. The van der Waals surface area contributed by atoms with Crippen molar-refractivity contribution < 1.29 is 4.79 Å². The van der Waals surface area contributed by atoms with E-state index in [2.05, 4.69) is 26.2 Å². The fraction of sp³-hybridized carbons (Fsp3) is 0.579. The van der Waals surface area contributed by atoms with Crippen LogP contribution in [0.15, 0.2) is 5.16 Å². The molecule has 8 heteroatoms. The lowest BCUT2D eigenvalue weighted by Gasteiger charge is -2.07. The van der Waals surface area contributed by atoms with Crippen LogP contribution < -0.4 is 5.32 Å². The maximum Gasteiger partial charge on any atom is 0.235 e. The molecule has 0 fully saturated rings. The van der Waals surface area contributed by atoms with Gasteiger partial charge in [-0.05, 0) is 44.1 Å². The van der Waals surface area contributed by atoms with Crippen molar-refractivity contribution in [3.05, 3.63) is 21.8 Å². The van der Waals surface area contributed by atoms with E-state index in [0.717, 1.165) is 66.6 Å². The van der Waals surface area contributed by atoms with Crippen LogP contribution in [0, 0.1) is 11.3 Å². The largest absolute Gasteiger partial charge is 0.316 e. The van der Waals surface area contributed by atoms with Crippen LogP contribution in [-0.2, 0) is 30.6 Å². The van der Waals surface area contributed by atoms with Crippen molar-refractivity contribution in [2.45, 2.75) is 69.5 Å². The Bertz CT molecular complexity index is 880. The van der Waals surface area contributed by atoms with Gasteiger partial charge in [0, 0.05) is 17.8 Å². The minimum Gasteiger partial charge on any atom is -0.316 e. The van der Waals surface area contributed by atoms with E-state index in [1.54, 1.807) is 11.3 Å². The third-order valence-corrected chi connectivity index (χ3v) is 7.37. The molecule has 142 valence electrons. The molecule has 0 bridgehead atoms. The molecule has 2 aliphatic rings. The van der Waals surface area contributed by atoms with Gasteiger partial charge in [-0.2, -0.15) is 5.26 Å². The number of hydrogen-bond donors (Lipinski definition) is 1. The smallest absolute Gasteiger partial charge is 0.235 e. The van der Waals surface area contributed by atoms with E-state index in [1.165, 1.54) is 35.9 Å². The van der Waals surface area contributed by atoms with Crippen molar-refractivity contribution in [1.82, 2.24) is 14.8 Å². The van der Waals surface area contributed by atoms with Gasteiger partial charge in [0.25, 0.3) is 0 Å². The van der Waals surface area contributed by atoms with E-state index in [9.17, 15) is 10.1 Å². The molecule has 3 heterocycles. The van der Waals surface area contributed by atoms with Crippen molar-refractivity contribution in [3.63, 3.8) is 0 Å². The highest BCUT2D eigenvalue weighted by molar-refractivity contribution is 7.99. The summed E-state index contributed by atoms with van der Waals surface area (Å²) in [4.78, 5) is 13.8. The zero-order valence-corrected chi connectivity index (χ0v) is 16.9. The molecule has 27 heavy (non-hydrogen) atoms. The fourth-order valence-electron chi connectivity index (χ4n) is 3.81. The van der Waals surface area contributed by atoms with Crippen LogP contribution in [0.5, 0.6) is 0 Å². The molecule has 0 spiro atoms. The molecule has 0 aromatic carbocycles. The number of amides is 1. The molecule has 0 unspecified atom stereocenters. The minimum atomic E-state index is -0.0844. The van der Waals surface area contributed by atoms with Gasteiger partial charge in [-0.3, -0.25) is 4.79 Å². The minimum absolute atomic E-state index is 0.0844. The van der Waals surface area contributed by atoms with Crippen molar-refractivity contribution in [2.75, 3.05) is 11.1 Å². The number of nitrogens with zero attached hydrogens (tertiary/aromatic N) is 4. The van der Waals surface area contributed by atoms with E-state index < -0.39 is 0 Å². The fourth-order valence-corrected chi connectivity index (χ4v) is 5.85. The van der Waals surface area contributed by atoms with Crippen molar-refractivity contribution >= 4 is 34.0 Å². The molecule has 0 radical (unpaired) electrons. The Labute approximate surface area is 167 Å². The Morgan fingerprint density at radius 2 is 1.96 bits per heavy atom. The number of hydrogen-bond acceptors (Lipinski definition) is 6. The number of thiophene rings is 1. The SMILES string of the molecule is N#Cc1c(NC(=O)CSc2nnc3n2CCCCC3)sc2c1CCCCC2. The first kappa shape index (κ1) is 18.5. The molecule has 4 rings (SSSR count). The van der Waals surface area contributed by atoms with Crippen LogP contribution in [0.4, 0.5) is 5.00 Å². The Kier molecular flexibility index (Phi) is 5.79. The van der Waals surface area contributed by atoms with Crippen LogP contribution in [0.2, 0.25) is 0 Å². The van der Waals surface area contributed by atoms with Gasteiger partial charge in [0.05, 0.1) is 11.3 Å². The molecule has 2 aromatic rings. The summed E-state index contributed by atoms with van der Waals surface area (Å²) in [6.45, 7) is 0.933. The molecule has 2 aromatic heterocycles. The quantitative estimate of drug-likeness (QED) is 0.620. The third kappa shape index (κ3) is 4.04. The van der Waals surface area contributed by atoms with Crippen LogP contribution in [-0.4, -0.2) is 26.4 Å². The van der Waals surface area contributed by atoms with E-state index in [0.29, 0.717) is 5.56 Å². The van der Waals surface area contributed by atoms with Gasteiger partial charge in [0.15, 0.2) is 5.16 Å². The second-order valence-corrected chi connectivity index (χ2v) is 9.13. The molecule has 0 atom stereocenters. The van der Waals surface area contributed by atoms with Gasteiger partial charge in [0.1, 0.15) is 16.9 Å². The number of thioether (sulfide) groups is 1. The third-order valence-electron chi connectivity index (χ3n) is 5.19. The van der Waals surface area contributed by atoms with Crippen LogP contribution in [0.25, 0.3) is 0 Å². The van der Waals surface area contributed by atoms with E-state index in [4.69, 9.17) is 0 Å². The number of nitrogens with one attached hydrogen (secondary N) is 1. The van der Waals surface area contributed by atoms with Crippen LogP contribution >= 0.6 is 23.1 Å². The zero-order valence-electron chi connectivity index (χ0n) is 15.3. The Hall–Kier alpha value is -1.85. The van der Waals surface area contributed by atoms with E-state index >= 15 is 0 Å². The number of rotatable bonds is 4. The maximum atomic E-state index is 12.5. The summed E-state index contributed by atoms with van der Waals surface area (Å²) in [7, 11) is 0. The predicted octanol–water partition coefficient (Wildman–Crippen LogP) is 3.94. The number of aryl methyl sites for hydroxylation is 2. The van der Waals surface area contributed by atoms with Gasteiger partial charge in [-0.15, -0.1) is 21.5 Å². The molecule has 1 aliphatic carbocycles. The lowest BCUT2D eigenvalue weighted by Crippen LogP contribution is -2.14. The van der Waals surface area contributed by atoms with Gasteiger partial charge in [-0.25, -0.2) is 0 Å². The molecular formula is C19H23N5OS2. The highest BCUT2D eigenvalue weighted by Gasteiger charge is 2.21. The number of carbonyl (C=O) groups excluding carboxylic acids is 1. The number of carbonyl (C=O) groups is 1. The molecule has 1 amide bonds. The van der Waals surface area contributed by atoms with Crippen molar-refractivity contribution in [2.24, 2.45) is 0 Å². The van der Waals surface area contributed by atoms with Crippen LogP contribution in [0.3, 0.4) is 0 Å². The number of aromatic nitrogens is 3. The Balaban J connectivity index is 1.42. The second-order valence-electron chi connectivity index (χ2n) is 7.08. The first-order chi connectivity index (χ1) is 13.3. The van der Waals surface area contributed by atoms with E-state index in [-0.39, 0.29) is 11.7 Å². The summed E-state index contributed by atoms with van der Waals surface area (Å²) in [5, 5.41) is 22.6. The first-order valence-corrected chi connectivity index (χ1v) is 11.5. The van der Waals surface area contributed by atoms with Gasteiger partial charge < -0.3 is 9.88 Å². The molecule has 0 saturated carbocycles. The highest BCUT2D eigenvalue weighted by Crippen LogP contribution is 2.37. The standard InChI is InChI=1S/C19H23N5OS2/c20-11-14-13-7-3-1-4-8-15(13)27-18(14)21-17(25)12-26-19-23-22-16-9-5-2-6-10-24(16)19/h1-10,12H2,(H,21,25). The first-order valence-electron chi connectivity index (χ1n) is 9.65. The summed E-state index contributed by atoms with van der Waals surface area (Å²) in [6.07, 6.45) is 9.95. The second kappa shape index (κ2) is 8.44. The lowest BCUT2D eigenvalue weighted by atomic mass is 10.1. The lowest BCUT2D eigenvalue weighted by molar-refractivity contribution is -0.113. The number of nitriles is 1. The summed E-state index contributed by atoms with van der Waals surface area (Å²) < 4.78 is 2.15.